The van der Waals surface area contributed by atoms with Crippen molar-refractivity contribution in [2.24, 2.45) is 5.41 Å². The summed E-state index contributed by atoms with van der Waals surface area (Å²) >= 11 is 37.7. The van der Waals surface area contributed by atoms with Gasteiger partial charge in [-0.2, -0.15) is 0 Å². The number of aryl methyl sites for hydroxylation is 1. The molecule has 1 amide bonds. The van der Waals surface area contributed by atoms with E-state index in [1.807, 2.05) is 0 Å². The number of rotatable bonds is 7. The van der Waals surface area contributed by atoms with Gasteiger partial charge in [-0.25, -0.2) is 4.39 Å². The quantitative estimate of drug-likeness (QED) is 0.160. The number of alkyl halides is 2. The number of benzene rings is 3. The lowest BCUT2D eigenvalue weighted by Crippen LogP contribution is -2.23. The highest BCUT2D eigenvalue weighted by atomic mass is 35.5. The van der Waals surface area contributed by atoms with Crippen LogP contribution in [0.1, 0.15) is 27.4 Å². The fourth-order valence-corrected chi connectivity index (χ4v) is 5.94. The molecule has 0 aromatic heterocycles. The summed E-state index contributed by atoms with van der Waals surface area (Å²) in [6.07, 6.45) is 0.696. The van der Waals surface area contributed by atoms with Gasteiger partial charge in [-0.3, -0.25) is 4.79 Å². The number of carbonyl (C=O) groups excluding carboxylic acids is 2. The lowest BCUT2D eigenvalue weighted by Gasteiger charge is -2.15. The van der Waals surface area contributed by atoms with E-state index in [4.69, 9.17) is 69.6 Å². The molecule has 1 saturated carbocycles. The molecule has 2 unspecified atom stereocenters. The third kappa shape index (κ3) is 4.90. The van der Waals surface area contributed by atoms with Gasteiger partial charge in [0.1, 0.15) is 16.4 Å². The molecule has 4 rings (SSSR count). The van der Waals surface area contributed by atoms with E-state index in [1.54, 1.807) is 31.2 Å². The van der Waals surface area contributed by atoms with Crippen LogP contribution in [0.5, 0.6) is 0 Å². The number of hydrogen-bond donors (Lipinski definition) is 2. The zero-order valence-corrected chi connectivity index (χ0v) is 23.0. The Bertz CT molecular complexity index is 1360. The van der Waals surface area contributed by atoms with E-state index in [2.05, 4.69) is 10.6 Å². The number of carbonyl (C=O) groups is 2. The van der Waals surface area contributed by atoms with Gasteiger partial charge in [0.15, 0.2) is 0 Å². The first-order chi connectivity index (χ1) is 16.9. The Morgan fingerprint density at radius 3 is 2.28 bits per heavy atom. The van der Waals surface area contributed by atoms with E-state index in [1.165, 1.54) is 24.3 Å². The number of hydrogen-bond acceptors (Lipinski definition) is 3. The first-order valence-electron chi connectivity index (χ1n) is 10.5. The van der Waals surface area contributed by atoms with Gasteiger partial charge in [0, 0.05) is 23.8 Å². The van der Waals surface area contributed by atoms with Crippen LogP contribution < -0.4 is 10.6 Å². The van der Waals surface area contributed by atoms with Gasteiger partial charge in [0.25, 0.3) is 5.91 Å². The van der Waals surface area contributed by atoms with Gasteiger partial charge in [-0.05, 0) is 66.6 Å². The van der Waals surface area contributed by atoms with E-state index < -0.39 is 27.4 Å². The predicted molar refractivity (Wildman–Crippen MR) is 146 cm³/mol. The average molecular weight is 609 g/mol. The average Bonchev–Trinajstić information content (AvgIpc) is 3.32. The van der Waals surface area contributed by atoms with Crippen LogP contribution in [0, 0.1) is 18.2 Å². The molecule has 3 aromatic rings. The zero-order chi connectivity index (χ0) is 26.4. The number of amides is 1. The van der Waals surface area contributed by atoms with Crippen LogP contribution in [0.15, 0.2) is 48.5 Å². The highest BCUT2D eigenvalue weighted by Gasteiger charge is 2.76. The van der Waals surface area contributed by atoms with E-state index in [-0.39, 0.29) is 32.2 Å². The summed E-state index contributed by atoms with van der Waals surface area (Å²) < 4.78 is 11.9. The minimum atomic E-state index is -1.44. The largest absolute Gasteiger partial charge is 0.384 e. The summed E-state index contributed by atoms with van der Waals surface area (Å²) in [6, 6.07) is 11.9. The Labute approximate surface area is 237 Å². The van der Waals surface area contributed by atoms with Gasteiger partial charge in [-0.1, -0.05) is 69.6 Å². The third-order valence-electron chi connectivity index (χ3n) is 6.20. The van der Waals surface area contributed by atoms with Crippen LogP contribution in [0.3, 0.4) is 0 Å². The van der Waals surface area contributed by atoms with Crippen molar-refractivity contribution in [3.05, 3.63) is 91.1 Å². The van der Waals surface area contributed by atoms with Crippen molar-refractivity contribution in [3.63, 3.8) is 0 Å². The van der Waals surface area contributed by atoms with E-state index in [0.29, 0.717) is 28.8 Å². The van der Waals surface area contributed by atoms with E-state index in [0.717, 1.165) is 0 Å². The van der Waals surface area contributed by atoms with Crippen LogP contribution in [-0.4, -0.2) is 23.1 Å². The second-order valence-electron chi connectivity index (χ2n) is 8.47. The molecular formula is C25H17Cl6FN2O2. The first kappa shape index (κ1) is 27.3. The molecular weight excluding hydrogens is 592 g/mol. The molecule has 2 atom stereocenters. The highest BCUT2D eigenvalue weighted by Crippen LogP contribution is 2.73. The van der Waals surface area contributed by atoms with Crippen molar-refractivity contribution in [1.29, 1.82) is 0 Å². The molecule has 1 fully saturated rings. The van der Waals surface area contributed by atoms with Crippen LogP contribution in [0.2, 0.25) is 20.1 Å². The van der Waals surface area contributed by atoms with Crippen molar-refractivity contribution in [2.45, 2.75) is 17.2 Å². The van der Waals surface area contributed by atoms with Crippen molar-refractivity contribution in [3.8, 4) is 0 Å². The minimum absolute atomic E-state index is 0.0474. The topological polar surface area (TPSA) is 58.2 Å². The zero-order valence-electron chi connectivity index (χ0n) is 18.4. The second-order valence-corrected chi connectivity index (χ2v) is 11.5. The highest BCUT2D eigenvalue weighted by molar-refractivity contribution is 6.54. The SMILES string of the molecule is Cc1cc(F)ccc1NC(=O)c1cc(NCC2(C=O)C(c3cc(Cl)c(Cl)c(Cl)c3)C2(Cl)Cl)ccc1Cl. The van der Waals surface area contributed by atoms with Crippen LogP contribution in [-0.2, 0) is 4.79 Å². The smallest absolute Gasteiger partial charge is 0.257 e. The number of halogens is 7. The standard InChI is InChI=1S/C25H17Cl6FN2O2/c1-12-6-14(32)2-5-20(12)34-23(36)16-9-15(3-4-17(16)26)33-10-24(11-35)22(25(24,30)31)13-7-18(27)21(29)19(28)8-13/h2-9,11,22,33H,10H2,1H3,(H,34,36). The molecule has 2 N–H and O–H groups in total. The molecule has 0 heterocycles. The first-order valence-corrected chi connectivity index (χ1v) is 12.8. The van der Waals surface area contributed by atoms with Crippen molar-refractivity contribution in [1.82, 2.24) is 0 Å². The molecule has 0 bridgehead atoms. The van der Waals surface area contributed by atoms with Crippen molar-refractivity contribution < 1.29 is 14.0 Å². The maximum Gasteiger partial charge on any atom is 0.257 e. The second kappa shape index (κ2) is 10.2. The summed E-state index contributed by atoms with van der Waals surface area (Å²) in [5, 5.41) is 6.67. The Hall–Kier alpha value is -1.73. The van der Waals surface area contributed by atoms with Crippen LogP contribution >= 0.6 is 69.6 Å². The van der Waals surface area contributed by atoms with Crippen molar-refractivity contribution >= 4 is 93.2 Å². The molecule has 0 saturated heterocycles. The summed E-state index contributed by atoms with van der Waals surface area (Å²) in [5.74, 6) is -1.50. The van der Waals surface area contributed by atoms with Gasteiger partial charge in [0.05, 0.1) is 31.1 Å². The molecule has 11 heteroatoms. The Balaban J connectivity index is 1.55. The predicted octanol–water partition coefficient (Wildman–Crippen LogP) is 8.57. The maximum atomic E-state index is 13.4. The van der Waals surface area contributed by atoms with Crippen LogP contribution in [0.25, 0.3) is 0 Å². The Morgan fingerprint density at radius 1 is 1.00 bits per heavy atom. The molecule has 1 aliphatic carbocycles. The van der Waals surface area contributed by atoms with E-state index in [9.17, 15) is 14.0 Å². The molecule has 4 nitrogen and oxygen atoms in total. The van der Waals surface area contributed by atoms with Crippen LogP contribution in [0.4, 0.5) is 15.8 Å². The molecule has 0 aliphatic heterocycles. The Morgan fingerprint density at radius 2 is 1.67 bits per heavy atom. The van der Waals surface area contributed by atoms with Gasteiger partial charge in [-0.15, -0.1) is 0 Å². The molecule has 36 heavy (non-hydrogen) atoms. The lowest BCUT2D eigenvalue weighted by molar-refractivity contribution is -0.112. The van der Waals surface area contributed by atoms with E-state index >= 15 is 0 Å². The minimum Gasteiger partial charge on any atom is -0.384 e. The number of aldehydes is 1. The summed E-state index contributed by atoms with van der Waals surface area (Å²) in [6.45, 7) is 1.72. The summed E-state index contributed by atoms with van der Waals surface area (Å²) in [5.41, 5.74) is 1.05. The normalized spacial score (nSPS) is 20.1. The molecule has 1 aliphatic rings. The summed E-state index contributed by atoms with van der Waals surface area (Å²) in [4.78, 5) is 25.1. The molecule has 3 aromatic carbocycles. The fraction of sp³-hybridized carbons (Fsp3) is 0.200. The van der Waals surface area contributed by atoms with Crippen molar-refractivity contribution in [2.75, 3.05) is 17.2 Å². The summed E-state index contributed by atoms with van der Waals surface area (Å²) in [7, 11) is 0. The maximum absolute atomic E-state index is 13.4. The van der Waals surface area contributed by atoms with Gasteiger partial charge in [0.2, 0.25) is 0 Å². The lowest BCUT2D eigenvalue weighted by atomic mass is 10.00. The third-order valence-corrected chi connectivity index (χ3v) is 8.86. The molecule has 188 valence electrons. The van der Waals surface area contributed by atoms with Gasteiger partial charge < -0.3 is 15.4 Å². The fourth-order valence-electron chi connectivity index (χ4n) is 4.15. The molecule has 0 spiro atoms. The monoisotopic (exact) mass is 606 g/mol. The van der Waals surface area contributed by atoms with Gasteiger partial charge >= 0.3 is 0 Å². The number of anilines is 2. The molecule has 0 radical (unpaired) electrons. The Kier molecular flexibility index (Phi) is 7.74. The number of nitrogens with one attached hydrogen (secondary N) is 2.